The molecule has 0 saturated heterocycles. The van der Waals surface area contributed by atoms with Gasteiger partial charge in [0.2, 0.25) is 5.91 Å². The summed E-state index contributed by atoms with van der Waals surface area (Å²) in [6.07, 6.45) is 0. The molecule has 32 heavy (non-hydrogen) atoms. The molecule has 1 atom stereocenters. The van der Waals surface area contributed by atoms with E-state index in [9.17, 15) is 9.59 Å². The number of rotatable bonds is 6. The van der Waals surface area contributed by atoms with Crippen LogP contribution in [0.2, 0.25) is 5.02 Å². The fourth-order valence-corrected chi connectivity index (χ4v) is 3.84. The highest BCUT2D eigenvalue weighted by molar-refractivity contribution is 6.30. The smallest absolute Gasteiger partial charge is 0.278 e. The average molecular weight is 450 g/mol. The van der Waals surface area contributed by atoms with Gasteiger partial charge in [-0.05, 0) is 49.6 Å². The van der Waals surface area contributed by atoms with E-state index in [4.69, 9.17) is 11.6 Å². The van der Waals surface area contributed by atoms with Crippen LogP contribution in [-0.4, -0.2) is 32.0 Å². The highest BCUT2D eigenvalue weighted by atomic mass is 35.5. The van der Waals surface area contributed by atoms with E-state index in [1.54, 1.807) is 23.7 Å². The summed E-state index contributed by atoms with van der Waals surface area (Å²) in [5.41, 5.74) is 3.39. The number of nitrogens with zero attached hydrogens (tertiary/aromatic N) is 4. The Labute approximate surface area is 190 Å². The van der Waals surface area contributed by atoms with Crippen molar-refractivity contribution in [3.8, 4) is 5.69 Å². The molecule has 0 aliphatic rings. The summed E-state index contributed by atoms with van der Waals surface area (Å²) in [7, 11) is 0. The van der Waals surface area contributed by atoms with E-state index in [0.29, 0.717) is 33.9 Å². The van der Waals surface area contributed by atoms with E-state index in [1.807, 2.05) is 56.3 Å². The molecule has 164 valence electrons. The van der Waals surface area contributed by atoms with Gasteiger partial charge < -0.3 is 5.32 Å². The van der Waals surface area contributed by atoms with Crippen molar-refractivity contribution < 1.29 is 4.79 Å². The third kappa shape index (κ3) is 4.29. The Bertz CT molecular complexity index is 1330. The minimum atomic E-state index is -0.338. The molecule has 0 saturated carbocycles. The van der Waals surface area contributed by atoms with Crippen LogP contribution in [0.1, 0.15) is 29.8 Å². The quantitative estimate of drug-likeness (QED) is 0.485. The largest absolute Gasteiger partial charge is 0.354 e. The Morgan fingerprint density at radius 1 is 1.06 bits per heavy atom. The first-order valence-corrected chi connectivity index (χ1v) is 10.8. The normalized spacial score (nSPS) is 12.1. The lowest BCUT2D eigenvalue weighted by molar-refractivity contribution is -0.121. The second-order valence-electron chi connectivity index (χ2n) is 7.86. The first-order chi connectivity index (χ1) is 15.3. The van der Waals surface area contributed by atoms with E-state index >= 15 is 0 Å². The first-order valence-electron chi connectivity index (χ1n) is 10.4. The second-order valence-corrected chi connectivity index (χ2v) is 8.30. The molecule has 0 radical (unpaired) electrons. The molecule has 2 aromatic heterocycles. The van der Waals surface area contributed by atoms with Crippen LogP contribution in [0.25, 0.3) is 16.6 Å². The molecule has 0 spiro atoms. The van der Waals surface area contributed by atoms with Crippen LogP contribution < -0.4 is 10.9 Å². The molecule has 0 bridgehead atoms. The monoisotopic (exact) mass is 449 g/mol. The summed E-state index contributed by atoms with van der Waals surface area (Å²) < 4.78 is 2.91. The number of benzene rings is 2. The Morgan fingerprint density at radius 2 is 1.75 bits per heavy atom. The van der Waals surface area contributed by atoms with Crippen LogP contribution in [0.3, 0.4) is 0 Å². The van der Waals surface area contributed by atoms with Crippen molar-refractivity contribution in [3.63, 3.8) is 0 Å². The van der Waals surface area contributed by atoms with Gasteiger partial charge in [-0.2, -0.15) is 10.2 Å². The van der Waals surface area contributed by atoms with Crippen molar-refractivity contribution in [2.45, 2.75) is 33.2 Å². The maximum atomic E-state index is 13.1. The number of carbonyl (C=O) groups excluding carboxylic acids is 1. The van der Waals surface area contributed by atoms with Crippen molar-refractivity contribution in [2.24, 2.45) is 0 Å². The number of aromatic nitrogens is 4. The first kappa shape index (κ1) is 21.8. The molecule has 1 N–H and O–H groups in total. The SMILES string of the molecule is Cc1nn(CC(=O)NC[C@H](C)c2ccccc2)c(=O)c2c(C)n(-c3ccc(Cl)cc3)nc12. The molecule has 2 heterocycles. The minimum Gasteiger partial charge on any atom is -0.354 e. The molecule has 0 fully saturated rings. The number of carbonyl (C=O) groups is 1. The topological polar surface area (TPSA) is 81.8 Å². The summed E-state index contributed by atoms with van der Waals surface area (Å²) in [6.45, 7) is 5.99. The van der Waals surface area contributed by atoms with Gasteiger partial charge >= 0.3 is 0 Å². The molecule has 4 rings (SSSR count). The lowest BCUT2D eigenvalue weighted by Crippen LogP contribution is -2.35. The van der Waals surface area contributed by atoms with Crippen molar-refractivity contribution in [2.75, 3.05) is 6.54 Å². The number of nitrogens with one attached hydrogen (secondary N) is 1. The highest BCUT2D eigenvalue weighted by Gasteiger charge is 2.19. The average Bonchev–Trinajstić information content (AvgIpc) is 3.14. The number of aryl methyl sites for hydroxylation is 2. The number of halogens is 1. The summed E-state index contributed by atoms with van der Waals surface area (Å²) in [4.78, 5) is 25.7. The number of amides is 1. The maximum absolute atomic E-state index is 13.1. The lowest BCUT2D eigenvalue weighted by atomic mass is 10.0. The van der Waals surface area contributed by atoms with Crippen LogP contribution in [-0.2, 0) is 11.3 Å². The molecule has 7 nitrogen and oxygen atoms in total. The molecule has 0 unspecified atom stereocenters. The van der Waals surface area contributed by atoms with Gasteiger partial charge in [0.05, 0.1) is 22.5 Å². The summed E-state index contributed by atoms with van der Waals surface area (Å²) >= 11 is 5.99. The van der Waals surface area contributed by atoms with Gasteiger partial charge in [0.1, 0.15) is 12.1 Å². The van der Waals surface area contributed by atoms with Gasteiger partial charge in [-0.1, -0.05) is 48.9 Å². The molecule has 0 aliphatic carbocycles. The second kappa shape index (κ2) is 8.96. The number of hydrogen-bond acceptors (Lipinski definition) is 4. The fourth-order valence-electron chi connectivity index (χ4n) is 3.71. The van der Waals surface area contributed by atoms with Gasteiger partial charge in [0, 0.05) is 11.6 Å². The van der Waals surface area contributed by atoms with Gasteiger partial charge in [-0.15, -0.1) is 0 Å². The van der Waals surface area contributed by atoms with E-state index in [1.165, 1.54) is 4.68 Å². The third-order valence-corrected chi connectivity index (χ3v) is 5.77. The summed E-state index contributed by atoms with van der Waals surface area (Å²) in [5.74, 6) is -0.0993. The molecule has 4 aromatic rings. The number of hydrogen-bond donors (Lipinski definition) is 1. The molecule has 8 heteroatoms. The van der Waals surface area contributed by atoms with Crippen LogP contribution in [0.4, 0.5) is 0 Å². The summed E-state index contributed by atoms with van der Waals surface area (Å²) in [5, 5.41) is 12.9. The van der Waals surface area contributed by atoms with Crippen LogP contribution in [0.15, 0.2) is 59.4 Å². The third-order valence-electron chi connectivity index (χ3n) is 5.52. The lowest BCUT2D eigenvalue weighted by Gasteiger charge is -2.13. The van der Waals surface area contributed by atoms with E-state index in [0.717, 1.165) is 11.3 Å². The van der Waals surface area contributed by atoms with Crippen LogP contribution in [0.5, 0.6) is 0 Å². The Kier molecular flexibility index (Phi) is 6.10. The van der Waals surface area contributed by atoms with Crippen molar-refractivity contribution in [3.05, 3.63) is 86.9 Å². The number of fused-ring (bicyclic) bond motifs is 1. The molecule has 2 aromatic carbocycles. The Hall–Kier alpha value is -3.45. The van der Waals surface area contributed by atoms with E-state index in [-0.39, 0.29) is 23.9 Å². The Morgan fingerprint density at radius 3 is 2.44 bits per heavy atom. The van der Waals surface area contributed by atoms with Crippen molar-refractivity contribution in [1.82, 2.24) is 24.9 Å². The maximum Gasteiger partial charge on any atom is 0.278 e. The molecule has 0 aliphatic heterocycles. The fraction of sp³-hybridized carbons (Fsp3) is 0.250. The van der Waals surface area contributed by atoms with Crippen LogP contribution >= 0.6 is 11.6 Å². The standard InChI is InChI=1S/C24H24ClN5O2/c1-15(18-7-5-4-6-8-18)13-26-21(31)14-29-24(32)22-17(3)30(28-23(22)16(2)27-29)20-11-9-19(25)10-12-20/h4-12,15H,13-14H2,1-3H3,(H,26,31)/t15-/m0/s1. The zero-order valence-corrected chi connectivity index (χ0v) is 18.9. The van der Waals surface area contributed by atoms with Crippen molar-refractivity contribution >= 4 is 28.4 Å². The predicted octanol–water partition coefficient (Wildman–Crippen LogP) is 3.77. The van der Waals surface area contributed by atoms with E-state index < -0.39 is 0 Å². The zero-order chi connectivity index (χ0) is 22.8. The highest BCUT2D eigenvalue weighted by Crippen LogP contribution is 2.21. The molecular formula is C24H24ClN5O2. The van der Waals surface area contributed by atoms with Gasteiger partial charge in [0.15, 0.2) is 0 Å². The van der Waals surface area contributed by atoms with Gasteiger partial charge in [0.25, 0.3) is 5.56 Å². The van der Waals surface area contributed by atoms with Gasteiger partial charge in [-0.25, -0.2) is 9.36 Å². The van der Waals surface area contributed by atoms with E-state index in [2.05, 4.69) is 15.5 Å². The Balaban J connectivity index is 1.57. The molecular weight excluding hydrogens is 426 g/mol. The zero-order valence-electron chi connectivity index (χ0n) is 18.2. The molecule has 1 amide bonds. The van der Waals surface area contributed by atoms with Crippen molar-refractivity contribution in [1.29, 1.82) is 0 Å². The van der Waals surface area contributed by atoms with Crippen LogP contribution in [0, 0.1) is 13.8 Å². The predicted molar refractivity (Wildman–Crippen MR) is 125 cm³/mol. The summed E-state index contributed by atoms with van der Waals surface area (Å²) in [6, 6.07) is 17.2. The minimum absolute atomic E-state index is 0.150. The van der Waals surface area contributed by atoms with Gasteiger partial charge in [-0.3, -0.25) is 9.59 Å².